The fourth-order valence-electron chi connectivity index (χ4n) is 3.35. The van der Waals surface area contributed by atoms with Gasteiger partial charge in [0.2, 0.25) is 5.88 Å². The Morgan fingerprint density at radius 2 is 1.85 bits per heavy atom. The summed E-state index contributed by atoms with van der Waals surface area (Å²) < 4.78 is 5.17. The predicted molar refractivity (Wildman–Crippen MR) is 79.0 cm³/mol. The van der Waals surface area contributed by atoms with Crippen LogP contribution in [0.5, 0.6) is 5.88 Å². The van der Waals surface area contributed by atoms with Crippen molar-refractivity contribution < 1.29 is 4.74 Å². The van der Waals surface area contributed by atoms with Crippen LogP contribution in [0, 0.1) is 0 Å². The maximum Gasteiger partial charge on any atom is 0.242 e. The third-order valence-electron chi connectivity index (χ3n) is 4.47. The van der Waals surface area contributed by atoms with E-state index >= 15 is 0 Å². The summed E-state index contributed by atoms with van der Waals surface area (Å²) >= 11 is 0. The van der Waals surface area contributed by atoms with E-state index < -0.39 is 0 Å². The quantitative estimate of drug-likeness (QED) is 0.893. The van der Waals surface area contributed by atoms with E-state index in [4.69, 9.17) is 10.5 Å². The second kappa shape index (κ2) is 5.83. The molecular weight excluding hydrogens is 254 g/mol. The zero-order valence-electron chi connectivity index (χ0n) is 12.1. The van der Waals surface area contributed by atoms with Gasteiger partial charge in [0, 0.05) is 32.2 Å². The van der Waals surface area contributed by atoms with Crippen LogP contribution in [0.25, 0.3) is 0 Å². The van der Waals surface area contributed by atoms with Crippen LogP contribution in [0.1, 0.15) is 25.7 Å². The molecule has 0 aromatic carbocycles. The number of anilines is 2. The Labute approximate surface area is 119 Å². The highest BCUT2D eigenvalue weighted by Gasteiger charge is 2.27. The molecular formula is C14H23N5O. The Hall–Kier alpha value is -1.56. The van der Waals surface area contributed by atoms with Gasteiger partial charge in [0.25, 0.3) is 0 Å². The molecule has 0 spiro atoms. The fourth-order valence-corrected chi connectivity index (χ4v) is 3.35. The van der Waals surface area contributed by atoms with E-state index in [1.807, 2.05) is 0 Å². The van der Waals surface area contributed by atoms with E-state index in [1.54, 1.807) is 7.11 Å². The Balaban J connectivity index is 1.65. The Morgan fingerprint density at radius 1 is 1.15 bits per heavy atom. The first kappa shape index (κ1) is 13.4. The minimum atomic E-state index is 0.466. The molecule has 20 heavy (non-hydrogen) atoms. The van der Waals surface area contributed by atoms with Crippen molar-refractivity contribution in [3.8, 4) is 5.88 Å². The molecule has 2 aliphatic rings. The number of methoxy groups -OCH3 is 1. The van der Waals surface area contributed by atoms with Gasteiger partial charge in [0.15, 0.2) is 5.82 Å². The number of nitrogens with zero attached hydrogens (tertiary/aromatic N) is 4. The largest absolute Gasteiger partial charge is 0.479 e. The first-order valence-corrected chi connectivity index (χ1v) is 7.43. The van der Waals surface area contributed by atoms with Crippen LogP contribution >= 0.6 is 0 Å². The molecule has 6 nitrogen and oxygen atoms in total. The monoisotopic (exact) mass is 277 g/mol. The molecule has 1 aromatic rings. The topological polar surface area (TPSA) is 67.5 Å². The lowest BCUT2D eigenvalue weighted by Crippen LogP contribution is -2.50. The summed E-state index contributed by atoms with van der Waals surface area (Å²) in [6.07, 6.45) is 7.03. The Kier molecular flexibility index (Phi) is 3.91. The summed E-state index contributed by atoms with van der Waals surface area (Å²) in [5.41, 5.74) is 6.62. The van der Waals surface area contributed by atoms with Crippen molar-refractivity contribution in [1.82, 2.24) is 14.9 Å². The number of nitrogens with two attached hydrogens (primary N) is 1. The van der Waals surface area contributed by atoms with Crippen LogP contribution in [-0.2, 0) is 0 Å². The molecule has 2 N–H and O–H groups in total. The molecule has 2 heterocycles. The second-order valence-electron chi connectivity index (χ2n) is 5.58. The lowest BCUT2D eigenvalue weighted by atomic mass is 10.2. The molecule has 0 unspecified atom stereocenters. The molecule has 1 aliphatic heterocycles. The van der Waals surface area contributed by atoms with Crippen molar-refractivity contribution in [1.29, 1.82) is 0 Å². The van der Waals surface area contributed by atoms with Gasteiger partial charge in [0.05, 0.1) is 7.11 Å². The molecule has 1 saturated carbocycles. The number of hydrogen-bond donors (Lipinski definition) is 1. The molecule has 6 heteroatoms. The van der Waals surface area contributed by atoms with Gasteiger partial charge >= 0.3 is 0 Å². The summed E-state index contributed by atoms with van der Waals surface area (Å²) in [7, 11) is 1.58. The Bertz CT molecular complexity index is 453. The highest BCUT2D eigenvalue weighted by molar-refractivity contribution is 5.67. The number of rotatable bonds is 3. The summed E-state index contributed by atoms with van der Waals surface area (Å²) in [6, 6.07) is 0.800. The summed E-state index contributed by atoms with van der Waals surface area (Å²) in [5.74, 6) is 1.27. The molecule has 0 amide bonds. The third kappa shape index (κ3) is 2.52. The lowest BCUT2D eigenvalue weighted by molar-refractivity contribution is 0.187. The average molecular weight is 277 g/mol. The van der Waals surface area contributed by atoms with Crippen molar-refractivity contribution in [3.05, 3.63) is 6.33 Å². The van der Waals surface area contributed by atoms with E-state index in [0.29, 0.717) is 11.6 Å². The van der Waals surface area contributed by atoms with Gasteiger partial charge in [-0.15, -0.1) is 0 Å². The van der Waals surface area contributed by atoms with Crippen molar-refractivity contribution in [2.75, 3.05) is 43.9 Å². The maximum atomic E-state index is 6.08. The van der Waals surface area contributed by atoms with Crippen LogP contribution in [0.3, 0.4) is 0 Å². The molecule has 1 saturated heterocycles. The average Bonchev–Trinajstić information content (AvgIpc) is 3.02. The zero-order valence-corrected chi connectivity index (χ0v) is 12.1. The normalized spacial score (nSPS) is 21.4. The van der Waals surface area contributed by atoms with Gasteiger partial charge in [-0.25, -0.2) is 4.98 Å². The van der Waals surface area contributed by atoms with Crippen molar-refractivity contribution in [2.24, 2.45) is 0 Å². The summed E-state index contributed by atoms with van der Waals surface area (Å²) in [4.78, 5) is 13.2. The minimum Gasteiger partial charge on any atom is -0.479 e. The van der Waals surface area contributed by atoms with Gasteiger partial charge < -0.3 is 15.4 Å². The SMILES string of the molecule is COc1ncnc(N2CCN(C3CCCC3)CC2)c1N. The summed E-state index contributed by atoms with van der Waals surface area (Å²) in [6.45, 7) is 4.13. The van der Waals surface area contributed by atoms with Crippen LogP contribution in [0.15, 0.2) is 6.33 Å². The van der Waals surface area contributed by atoms with Crippen molar-refractivity contribution in [2.45, 2.75) is 31.7 Å². The molecule has 0 atom stereocenters. The first-order valence-electron chi connectivity index (χ1n) is 7.43. The lowest BCUT2D eigenvalue weighted by Gasteiger charge is -2.38. The predicted octanol–water partition coefficient (Wildman–Crippen LogP) is 1.13. The fraction of sp³-hybridized carbons (Fsp3) is 0.714. The third-order valence-corrected chi connectivity index (χ3v) is 4.47. The van der Waals surface area contributed by atoms with Crippen molar-refractivity contribution >= 4 is 11.5 Å². The number of piperazine rings is 1. The first-order chi connectivity index (χ1) is 9.79. The number of aromatic nitrogens is 2. The molecule has 0 radical (unpaired) electrons. The number of ether oxygens (including phenoxy) is 1. The van der Waals surface area contributed by atoms with Crippen molar-refractivity contribution in [3.63, 3.8) is 0 Å². The van der Waals surface area contributed by atoms with E-state index in [0.717, 1.165) is 38.0 Å². The van der Waals surface area contributed by atoms with Gasteiger partial charge in [-0.3, -0.25) is 4.90 Å². The van der Waals surface area contributed by atoms with E-state index in [2.05, 4.69) is 19.8 Å². The smallest absolute Gasteiger partial charge is 0.242 e. The van der Waals surface area contributed by atoms with Crippen LogP contribution in [0.4, 0.5) is 11.5 Å². The van der Waals surface area contributed by atoms with Gasteiger partial charge in [-0.2, -0.15) is 4.98 Å². The highest BCUT2D eigenvalue weighted by Crippen LogP contribution is 2.29. The van der Waals surface area contributed by atoms with Crippen LogP contribution < -0.4 is 15.4 Å². The van der Waals surface area contributed by atoms with E-state index in [9.17, 15) is 0 Å². The molecule has 0 bridgehead atoms. The number of nitrogen functional groups attached to an aromatic ring is 1. The van der Waals surface area contributed by atoms with E-state index in [-0.39, 0.29) is 0 Å². The molecule has 3 rings (SSSR count). The molecule has 1 aromatic heterocycles. The van der Waals surface area contributed by atoms with Crippen LogP contribution in [-0.4, -0.2) is 54.2 Å². The molecule has 1 aliphatic carbocycles. The van der Waals surface area contributed by atoms with Crippen LogP contribution in [0.2, 0.25) is 0 Å². The van der Waals surface area contributed by atoms with Gasteiger partial charge in [-0.05, 0) is 12.8 Å². The minimum absolute atomic E-state index is 0.466. The molecule has 2 fully saturated rings. The standard InChI is InChI=1S/C14H23N5O/c1-20-14-12(15)13(16-10-17-14)19-8-6-18(7-9-19)11-4-2-3-5-11/h10-11H,2-9,15H2,1H3. The van der Waals surface area contributed by atoms with Gasteiger partial charge in [-0.1, -0.05) is 12.8 Å². The van der Waals surface area contributed by atoms with Gasteiger partial charge in [0.1, 0.15) is 12.0 Å². The molecule has 110 valence electrons. The zero-order chi connectivity index (χ0) is 13.9. The summed E-state index contributed by atoms with van der Waals surface area (Å²) in [5, 5.41) is 0. The number of hydrogen-bond acceptors (Lipinski definition) is 6. The Morgan fingerprint density at radius 3 is 2.50 bits per heavy atom. The maximum absolute atomic E-state index is 6.08. The highest BCUT2D eigenvalue weighted by atomic mass is 16.5. The van der Waals surface area contributed by atoms with E-state index in [1.165, 1.54) is 32.0 Å². The second-order valence-corrected chi connectivity index (χ2v) is 5.58.